The van der Waals surface area contributed by atoms with Crippen molar-refractivity contribution >= 4 is 0 Å². The van der Waals surface area contributed by atoms with Crippen LogP contribution in [-0.4, -0.2) is 24.0 Å². The summed E-state index contributed by atoms with van der Waals surface area (Å²) in [5, 5.41) is 3.01. The van der Waals surface area contributed by atoms with Crippen LogP contribution in [0.5, 0.6) is 11.5 Å². The molecule has 0 atom stereocenters. The second-order valence-corrected chi connectivity index (χ2v) is 4.89. The highest BCUT2D eigenvalue weighted by Gasteiger charge is 2.10. The van der Waals surface area contributed by atoms with E-state index in [1.807, 2.05) is 6.07 Å². The molecule has 0 bridgehead atoms. The summed E-state index contributed by atoms with van der Waals surface area (Å²) in [6.07, 6.45) is 0. The van der Waals surface area contributed by atoms with E-state index >= 15 is 0 Å². The molecule has 6 heteroatoms. The van der Waals surface area contributed by atoms with Crippen LogP contribution < -0.4 is 15.0 Å². The zero-order valence-electron chi connectivity index (χ0n) is 12.7. The molecule has 0 aliphatic heterocycles. The van der Waals surface area contributed by atoms with E-state index in [1.54, 1.807) is 26.4 Å². The molecule has 1 heterocycles. The normalized spacial score (nSPS) is 10.6. The molecule has 3 aromatic rings. The molecule has 1 aromatic heterocycles. The molecule has 0 aliphatic rings. The first kappa shape index (κ1) is 14.9. The molecule has 23 heavy (non-hydrogen) atoms. The first-order valence-electron chi connectivity index (χ1n) is 6.93. The van der Waals surface area contributed by atoms with Gasteiger partial charge in [-0.25, -0.2) is 9.07 Å². The second-order valence-electron chi connectivity index (χ2n) is 4.89. The molecule has 0 saturated heterocycles. The van der Waals surface area contributed by atoms with Gasteiger partial charge in [-0.05, 0) is 42.5 Å². The van der Waals surface area contributed by atoms with E-state index in [4.69, 9.17) is 9.47 Å². The first-order chi connectivity index (χ1) is 11.1. The third kappa shape index (κ3) is 2.83. The van der Waals surface area contributed by atoms with Crippen LogP contribution in [-0.2, 0) is 0 Å². The summed E-state index contributed by atoms with van der Waals surface area (Å²) < 4.78 is 24.8. The Kier molecular flexibility index (Phi) is 3.89. The number of nitrogens with zero attached hydrogens (tertiary/aromatic N) is 1. The van der Waals surface area contributed by atoms with Crippen LogP contribution in [0.2, 0.25) is 0 Å². The molecular weight excluding hydrogens is 299 g/mol. The largest absolute Gasteiger partial charge is 0.493 e. The van der Waals surface area contributed by atoms with Gasteiger partial charge in [0, 0.05) is 11.6 Å². The van der Waals surface area contributed by atoms with Gasteiger partial charge in [0.15, 0.2) is 11.5 Å². The minimum Gasteiger partial charge on any atom is -0.493 e. The molecule has 0 radical (unpaired) electrons. The monoisotopic (exact) mass is 314 g/mol. The van der Waals surface area contributed by atoms with Gasteiger partial charge in [-0.2, -0.15) is 0 Å². The lowest BCUT2D eigenvalue weighted by molar-refractivity contribution is 0.355. The van der Waals surface area contributed by atoms with Crippen LogP contribution in [0, 0.1) is 5.82 Å². The molecule has 3 rings (SSSR count). The Hall–Kier alpha value is -3.02. The van der Waals surface area contributed by atoms with Crippen molar-refractivity contribution in [3.8, 4) is 28.4 Å². The number of H-pyrrole nitrogens is 1. The quantitative estimate of drug-likeness (QED) is 0.805. The summed E-state index contributed by atoms with van der Waals surface area (Å²) in [6.45, 7) is 0. The van der Waals surface area contributed by atoms with Crippen molar-refractivity contribution in [1.29, 1.82) is 0 Å². The number of aromatic nitrogens is 2. The van der Waals surface area contributed by atoms with Crippen molar-refractivity contribution in [2.75, 3.05) is 14.2 Å². The summed E-state index contributed by atoms with van der Waals surface area (Å²) in [5.74, 6) is 0.824. The van der Waals surface area contributed by atoms with Crippen molar-refractivity contribution in [2.45, 2.75) is 0 Å². The maximum atomic E-state index is 13.0. The van der Waals surface area contributed by atoms with E-state index in [0.717, 1.165) is 5.56 Å². The van der Waals surface area contributed by atoms with Gasteiger partial charge in [-0.3, -0.25) is 9.89 Å². The lowest BCUT2D eigenvalue weighted by Gasteiger charge is -2.08. The lowest BCUT2D eigenvalue weighted by atomic mass is 10.1. The molecule has 0 amide bonds. The third-order valence-corrected chi connectivity index (χ3v) is 3.50. The highest BCUT2D eigenvalue weighted by atomic mass is 19.1. The van der Waals surface area contributed by atoms with Gasteiger partial charge in [0.25, 0.3) is 5.56 Å². The Balaban J connectivity index is 2.04. The van der Waals surface area contributed by atoms with Crippen LogP contribution in [0.4, 0.5) is 4.39 Å². The van der Waals surface area contributed by atoms with Crippen LogP contribution in [0.3, 0.4) is 0 Å². The molecule has 0 fully saturated rings. The van der Waals surface area contributed by atoms with Crippen LogP contribution in [0.15, 0.2) is 53.3 Å². The van der Waals surface area contributed by atoms with Crippen LogP contribution >= 0.6 is 0 Å². The number of methoxy groups -OCH3 is 2. The Bertz CT molecular complexity index is 882. The first-order valence-corrected chi connectivity index (χ1v) is 6.93. The molecule has 0 saturated carbocycles. The fraction of sp³-hybridized carbons (Fsp3) is 0.118. The van der Waals surface area contributed by atoms with E-state index in [-0.39, 0.29) is 11.4 Å². The highest BCUT2D eigenvalue weighted by molar-refractivity contribution is 5.64. The van der Waals surface area contributed by atoms with Crippen LogP contribution in [0.1, 0.15) is 0 Å². The number of rotatable bonds is 4. The van der Waals surface area contributed by atoms with Gasteiger partial charge < -0.3 is 9.47 Å². The predicted molar refractivity (Wildman–Crippen MR) is 84.9 cm³/mol. The van der Waals surface area contributed by atoms with E-state index in [1.165, 1.54) is 35.0 Å². The zero-order valence-corrected chi connectivity index (χ0v) is 12.7. The van der Waals surface area contributed by atoms with Crippen molar-refractivity contribution in [3.05, 3.63) is 64.7 Å². The van der Waals surface area contributed by atoms with E-state index in [2.05, 4.69) is 5.10 Å². The molecular formula is C17H15FN2O3. The summed E-state index contributed by atoms with van der Waals surface area (Å²) in [4.78, 5) is 12.2. The summed E-state index contributed by atoms with van der Waals surface area (Å²) in [7, 11) is 3.11. The van der Waals surface area contributed by atoms with Gasteiger partial charge in [0.1, 0.15) is 5.82 Å². The molecule has 118 valence electrons. The second kappa shape index (κ2) is 6.00. The standard InChI is InChI=1S/C17H15FN2O3/c1-22-15-8-3-11(9-16(15)23-2)14-10-17(21)20(19-14)13-6-4-12(18)5-7-13/h3-10,19H,1-2H3. The topological polar surface area (TPSA) is 56.2 Å². The van der Waals surface area contributed by atoms with E-state index in [9.17, 15) is 9.18 Å². The molecule has 5 nitrogen and oxygen atoms in total. The number of hydrogen-bond acceptors (Lipinski definition) is 3. The van der Waals surface area contributed by atoms with Crippen molar-refractivity contribution in [1.82, 2.24) is 9.78 Å². The Morgan fingerprint density at radius 1 is 0.957 bits per heavy atom. The minimum absolute atomic E-state index is 0.235. The van der Waals surface area contributed by atoms with Crippen molar-refractivity contribution < 1.29 is 13.9 Å². The number of benzene rings is 2. The lowest BCUT2D eigenvalue weighted by Crippen LogP contribution is -2.13. The number of nitrogens with one attached hydrogen (secondary N) is 1. The predicted octanol–water partition coefficient (Wildman–Crippen LogP) is 2.99. The van der Waals surface area contributed by atoms with Gasteiger partial charge in [-0.1, -0.05) is 0 Å². The van der Waals surface area contributed by atoms with Gasteiger partial charge in [-0.15, -0.1) is 0 Å². The molecule has 0 spiro atoms. The summed E-state index contributed by atoms with van der Waals surface area (Å²) in [6, 6.07) is 12.5. The number of aromatic amines is 1. The smallest absolute Gasteiger partial charge is 0.271 e. The molecule has 1 N–H and O–H groups in total. The molecule has 0 unspecified atom stereocenters. The molecule has 2 aromatic carbocycles. The zero-order chi connectivity index (χ0) is 16.4. The maximum absolute atomic E-state index is 13.0. The number of halogens is 1. The third-order valence-electron chi connectivity index (χ3n) is 3.50. The minimum atomic E-state index is -0.353. The summed E-state index contributed by atoms with van der Waals surface area (Å²) >= 11 is 0. The van der Waals surface area contributed by atoms with Gasteiger partial charge >= 0.3 is 0 Å². The summed E-state index contributed by atoms with van der Waals surface area (Å²) in [5.41, 5.74) is 1.73. The highest BCUT2D eigenvalue weighted by Crippen LogP contribution is 2.31. The van der Waals surface area contributed by atoms with Gasteiger partial charge in [0.2, 0.25) is 0 Å². The van der Waals surface area contributed by atoms with Crippen molar-refractivity contribution in [3.63, 3.8) is 0 Å². The average Bonchev–Trinajstić information content (AvgIpc) is 2.96. The maximum Gasteiger partial charge on any atom is 0.271 e. The fourth-order valence-electron chi connectivity index (χ4n) is 2.33. The van der Waals surface area contributed by atoms with E-state index < -0.39 is 0 Å². The number of ether oxygens (including phenoxy) is 2. The van der Waals surface area contributed by atoms with Gasteiger partial charge in [0.05, 0.1) is 25.6 Å². The Morgan fingerprint density at radius 2 is 1.65 bits per heavy atom. The van der Waals surface area contributed by atoms with E-state index in [0.29, 0.717) is 22.9 Å². The Labute approximate surface area is 131 Å². The SMILES string of the molecule is COc1ccc(-c2cc(=O)n(-c3ccc(F)cc3)[nH]2)cc1OC. The average molecular weight is 314 g/mol. The molecule has 0 aliphatic carbocycles. The van der Waals surface area contributed by atoms with Crippen LogP contribution in [0.25, 0.3) is 16.9 Å². The Morgan fingerprint density at radius 3 is 2.30 bits per heavy atom. The number of hydrogen-bond donors (Lipinski definition) is 1. The van der Waals surface area contributed by atoms with Crippen molar-refractivity contribution in [2.24, 2.45) is 0 Å². The fourth-order valence-corrected chi connectivity index (χ4v) is 2.33.